The van der Waals surface area contributed by atoms with E-state index in [1.54, 1.807) is 0 Å². The maximum Gasteiger partial charge on any atom is 0.0738 e. The Bertz CT molecular complexity index is 398. The lowest BCUT2D eigenvalue weighted by Crippen LogP contribution is -2.38. The first-order valence-corrected chi connectivity index (χ1v) is 8.09. The summed E-state index contributed by atoms with van der Waals surface area (Å²) in [7, 11) is 2.04. The third kappa shape index (κ3) is 4.32. The SMILES string of the molecule is CCCNC(C)C(Cc1c(Br)c(C)nn1C)C(C)C. The van der Waals surface area contributed by atoms with Gasteiger partial charge in [0.05, 0.1) is 15.9 Å². The van der Waals surface area contributed by atoms with Gasteiger partial charge in [0, 0.05) is 13.1 Å². The van der Waals surface area contributed by atoms with E-state index in [1.165, 1.54) is 16.6 Å². The van der Waals surface area contributed by atoms with Crippen LogP contribution in [0.3, 0.4) is 0 Å². The van der Waals surface area contributed by atoms with Crippen LogP contribution in [0, 0.1) is 18.8 Å². The molecule has 0 bridgehead atoms. The molecule has 2 unspecified atom stereocenters. The Morgan fingerprint density at radius 2 is 1.95 bits per heavy atom. The van der Waals surface area contributed by atoms with E-state index in [0.29, 0.717) is 17.9 Å². The number of nitrogens with zero attached hydrogens (tertiary/aromatic N) is 2. The number of aromatic nitrogens is 2. The monoisotopic (exact) mass is 329 g/mol. The molecule has 110 valence electrons. The topological polar surface area (TPSA) is 29.9 Å². The molecule has 0 aliphatic heterocycles. The van der Waals surface area contributed by atoms with Gasteiger partial charge in [-0.2, -0.15) is 5.10 Å². The average molecular weight is 330 g/mol. The molecule has 19 heavy (non-hydrogen) atoms. The van der Waals surface area contributed by atoms with E-state index in [2.05, 4.69) is 61.0 Å². The summed E-state index contributed by atoms with van der Waals surface area (Å²) in [6.07, 6.45) is 2.25. The summed E-state index contributed by atoms with van der Waals surface area (Å²) < 4.78 is 3.18. The molecule has 0 spiro atoms. The van der Waals surface area contributed by atoms with Gasteiger partial charge < -0.3 is 5.32 Å². The zero-order chi connectivity index (χ0) is 14.6. The molecule has 0 saturated heterocycles. The lowest BCUT2D eigenvalue weighted by molar-refractivity contribution is 0.284. The van der Waals surface area contributed by atoms with Crippen LogP contribution in [-0.2, 0) is 13.5 Å². The standard InChI is InChI=1S/C15H28BrN3/c1-7-8-17-11(4)13(10(2)3)9-14-15(16)12(5)18-19(14)6/h10-11,13,17H,7-9H2,1-6H3. The Hall–Kier alpha value is -0.350. The van der Waals surface area contributed by atoms with Crippen molar-refractivity contribution in [3.8, 4) is 0 Å². The second-order valence-corrected chi connectivity index (χ2v) is 6.62. The zero-order valence-electron chi connectivity index (χ0n) is 13.1. The van der Waals surface area contributed by atoms with E-state index in [0.717, 1.165) is 18.7 Å². The molecule has 2 atom stereocenters. The maximum absolute atomic E-state index is 4.49. The molecule has 1 heterocycles. The van der Waals surface area contributed by atoms with Crippen LogP contribution in [0.15, 0.2) is 4.47 Å². The van der Waals surface area contributed by atoms with Crippen molar-refractivity contribution in [2.45, 2.75) is 53.5 Å². The second kappa shape index (κ2) is 7.44. The highest BCUT2D eigenvalue weighted by atomic mass is 79.9. The van der Waals surface area contributed by atoms with E-state index >= 15 is 0 Å². The summed E-state index contributed by atoms with van der Waals surface area (Å²) in [5.74, 6) is 1.28. The Labute approximate surface area is 126 Å². The van der Waals surface area contributed by atoms with Gasteiger partial charge in [0.1, 0.15) is 0 Å². The van der Waals surface area contributed by atoms with Crippen LogP contribution >= 0.6 is 15.9 Å². The van der Waals surface area contributed by atoms with Crippen LogP contribution < -0.4 is 5.32 Å². The third-order valence-electron chi connectivity index (χ3n) is 3.91. The molecule has 1 aromatic heterocycles. The summed E-state index contributed by atoms with van der Waals surface area (Å²) in [6.45, 7) is 12.3. The average Bonchev–Trinajstić information content (AvgIpc) is 2.58. The van der Waals surface area contributed by atoms with Gasteiger partial charge in [0.25, 0.3) is 0 Å². The number of aryl methyl sites for hydroxylation is 2. The molecule has 4 heteroatoms. The van der Waals surface area contributed by atoms with Crippen LogP contribution in [-0.4, -0.2) is 22.4 Å². The van der Waals surface area contributed by atoms with Gasteiger partial charge in [-0.15, -0.1) is 0 Å². The summed E-state index contributed by atoms with van der Waals surface area (Å²) in [4.78, 5) is 0. The molecule has 0 aliphatic carbocycles. The molecule has 0 fully saturated rings. The number of nitrogens with one attached hydrogen (secondary N) is 1. The maximum atomic E-state index is 4.49. The van der Waals surface area contributed by atoms with Crippen molar-refractivity contribution >= 4 is 15.9 Å². The minimum Gasteiger partial charge on any atom is -0.314 e. The lowest BCUT2D eigenvalue weighted by atomic mass is 9.85. The van der Waals surface area contributed by atoms with Crippen LogP contribution in [0.5, 0.6) is 0 Å². The van der Waals surface area contributed by atoms with Crippen molar-refractivity contribution in [1.29, 1.82) is 0 Å². The van der Waals surface area contributed by atoms with Crippen LogP contribution in [0.1, 0.15) is 45.5 Å². The van der Waals surface area contributed by atoms with Crippen molar-refractivity contribution < 1.29 is 0 Å². The van der Waals surface area contributed by atoms with Gasteiger partial charge in [0.2, 0.25) is 0 Å². The van der Waals surface area contributed by atoms with Crippen molar-refractivity contribution in [2.24, 2.45) is 18.9 Å². The molecule has 3 nitrogen and oxygen atoms in total. The number of hydrogen-bond donors (Lipinski definition) is 1. The molecule has 0 aromatic carbocycles. The number of rotatable bonds is 7. The van der Waals surface area contributed by atoms with Gasteiger partial charge in [-0.05, 0) is 61.0 Å². The van der Waals surface area contributed by atoms with Crippen molar-refractivity contribution in [1.82, 2.24) is 15.1 Å². The van der Waals surface area contributed by atoms with Crippen LogP contribution in [0.4, 0.5) is 0 Å². The molecule has 0 amide bonds. The summed E-state index contributed by atoms with van der Waals surface area (Å²) in [5, 5.41) is 8.13. The van der Waals surface area contributed by atoms with Crippen molar-refractivity contribution in [2.75, 3.05) is 6.54 Å². The van der Waals surface area contributed by atoms with E-state index < -0.39 is 0 Å². The normalized spacial score (nSPS) is 14.9. The molecule has 1 N–H and O–H groups in total. The largest absolute Gasteiger partial charge is 0.314 e. The Kier molecular flexibility index (Phi) is 6.54. The van der Waals surface area contributed by atoms with Gasteiger partial charge in [0.15, 0.2) is 0 Å². The highest BCUT2D eigenvalue weighted by Gasteiger charge is 2.24. The van der Waals surface area contributed by atoms with Gasteiger partial charge in [-0.1, -0.05) is 20.8 Å². The molecule has 0 saturated carbocycles. The van der Waals surface area contributed by atoms with E-state index in [4.69, 9.17) is 0 Å². The summed E-state index contributed by atoms with van der Waals surface area (Å²) in [5.41, 5.74) is 2.38. The fraction of sp³-hybridized carbons (Fsp3) is 0.800. The molecule has 0 radical (unpaired) electrons. The molecular formula is C15H28BrN3. The van der Waals surface area contributed by atoms with Gasteiger partial charge >= 0.3 is 0 Å². The van der Waals surface area contributed by atoms with Gasteiger partial charge in [-0.3, -0.25) is 4.68 Å². The highest BCUT2D eigenvalue weighted by molar-refractivity contribution is 9.10. The van der Waals surface area contributed by atoms with Gasteiger partial charge in [-0.25, -0.2) is 0 Å². The Morgan fingerprint density at radius 1 is 1.32 bits per heavy atom. The molecular weight excluding hydrogens is 302 g/mol. The Morgan fingerprint density at radius 3 is 2.37 bits per heavy atom. The molecule has 1 aromatic rings. The summed E-state index contributed by atoms with van der Waals surface area (Å²) >= 11 is 3.68. The number of halogens is 1. The molecule has 0 aliphatic rings. The first kappa shape index (κ1) is 16.7. The van der Waals surface area contributed by atoms with E-state index in [-0.39, 0.29) is 0 Å². The van der Waals surface area contributed by atoms with Crippen LogP contribution in [0.25, 0.3) is 0 Å². The Balaban J connectivity index is 2.83. The smallest absolute Gasteiger partial charge is 0.0738 e. The van der Waals surface area contributed by atoms with E-state index in [9.17, 15) is 0 Å². The quantitative estimate of drug-likeness (QED) is 0.826. The second-order valence-electron chi connectivity index (χ2n) is 5.82. The molecule has 1 rings (SSSR count). The predicted molar refractivity (Wildman–Crippen MR) is 85.4 cm³/mol. The highest BCUT2D eigenvalue weighted by Crippen LogP contribution is 2.27. The third-order valence-corrected chi connectivity index (χ3v) is 4.94. The minimum atomic E-state index is 0.530. The van der Waals surface area contributed by atoms with Crippen molar-refractivity contribution in [3.05, 3.63) is 15.9 Å². The minimum absolute atomic E-state index is 0.530. The lowest BCUT2D eigenvalue weighted by Gasteiger charge is -2.28. The first-order valence-electron chi connectivity index (χ1n) is 7.29. The predicted octanol–water partition coefficient (Wildman–Crippen LogP) is 3.69. The fourth-order valence-corrected chi connectivity index (χ4v) is 3.14. The number of hydrogen-bond acceptors (Lipinski definition) is 2. The van der Waals surface area contributed by atoms with Crippen LogP contribution in [0.2, 0.25) is 0 Å². The fourth-order valence-electron chi connectivity index (χ4n) is 2.64. The van der Waals surface area contributed by atoms with E-state index in [1.807, 2.05) is 11.7 Å². The zero-order valence-corrected chi connectivity index (χ0v) is 14.7. The first-order chi connectivity index (χ1) is 8.88. The summed E-state index contributed by atoms with van der Waals surface area (Å²) in [6, 6.07) is 0.530. The van der Waals surface area contributed by atoms with Crippen molar-refractivity contribution in [3.63, 3.8) is 0 Å².